The molecule has 0 saturated carbocycles. The number of urea groups is 1. The molecule has 0 saturated heterocycles. The van der Waals surface area contributed by atoms with Crippen LogP contribution in [0.1, 0.15) is 31.5 Å². The molecule has 0 aliphatic rings. The first kappa shape index (κ1) is 17.5. The van der Waals surface area contributed by atoms with Crippen molar-refractivity contribution in [3.63, 3.8) is 0 Å². The molecule has 0 aliphatic carbocycles. The van der Waals surface area contributed by atoms with Crippen molar-refractivity contribution in [1.82, 2.24) is 25.2 Å². The Morgan fingerprint density at radius 3 is 2.78 bits per heavy atom. The first-order valence-electron chi connectivity index (χ1n) is 7.75. The normalized spacial score (nSPS) is 12.9. The van der Waals surface area contributed by atoms with Gasteiger partial charge >= 0.3 is 6.03 Å². The van der Waals surface area contributed by atoms with E-state index < -0.39 is 0 Å². The Bertz CT molecular complexity index is 615. The molecule has 0 spiro atoms. The van der Waals surface area contributed by atoms with Crippen LogP contribution in [-0.2, 0) is 13.0 Å². The summed E-state index contributed by atoms with van der Waals surface area (Å²) >= 11 is 1.63. The quantitative estimate of drug-likeness (QED) is 0.852. The fourth-order valence-electron chi connectivity index (χ4n) is 2.18. The number of nitrogens with zero attached hydrogens (tertiary/aromatic N) is 3. The summed E-state index contributed by atoms with van der Waals surface area (Å²) in [6.07, 6.45) is 6.17. The van der Waals surface area contributed by atoms with Gasteiger partial charge in [-0.1, -0.05) is 20.8 Å². The van der Waals surface area contributed by atoms with Crippen LogP contribution >= 0.6 is 11.3 Å². The lowest BCUT2D eigenvalue weighted by Crippen LogP contribution is -2.50. The highest BCUT2D eigenvalue weighted by Gasteiger charge is 2.26. The zero-order chi connectivity index (χ0) is 16.9. The maximum atomic E-state index is 12.2. The van der Waals surface area contributed by atoms with E-state index in [4.69, 9.17) is 0 Å². The van der Waals surface area contributed by atoms with Gasteiger partial charge in [0, 0.05) is 37.3 Å². The van der Waals surface area contributed by atoms with Gasteiger partial charge in [-0.15, -0.1) is 11.3 Å². The third-order valence-electron chi connectivity index (χ3n) is 3.64. The zero-order valence-electron chi connectivity index (χ0n) is 14.2. The van der Waals surface area contributed by atoms with Crippen LogP contribution in [0.3, 0.4) is 0 Å². The van der Waals surface area contributed by atoms with Crippen LogP contribution in [0.2, 0.25) is 0 Å². The molecule has 2 rings (SSSR count). The van der Waals surface area contributed by atoms with E-state index in [0.717, 1.165) is 17.1 Å². The molecule has 0 radical (unpaired) electrons. The maximum absolute atomic E-state index is 12.2. The molecule has 2 aromatic rings. The van der Waals surface area contributed by atoms with Gasteiger partial charge in [-0.25, -0.2) is 14.8 Å². The Labute approximate surface area is 141 Å². The van der Waals surface area contributed by atoms with E-state index >= 15 is 0 Å². The Morgan fingerprint density at radius 1 is 1.43 bits per heavy atom. The van der Waals surface area contributed by atoms with Crippen LogP contribution in [0.4, 0.5) is 4.79 Å². The molecule has 0 aromatic carbocycles. The van der Waals surface area contributed by atoms with Crippen LogP contribution in [0.5, 0.6) is 0 Å². The van der Waals surface area contributed by atoms with Crippen LogP contribution in [-0.4, -0.2) is 33.2 Å². The molecule has 1 unspecified atom stereocenters. The Hall–Kier alpha value is -1.89. The van der Waals surface area contributed by atoms with Gasteiger partial charge < -0.3 is 15.2 Å². The number of hydrogen-bond acceptors (Lipinski definition) is 4. The monoisotopic (exact) mass is 335 g/mol. The molecular weight excluding hydrogens is 310 g/mol. The molecule has 2 N–H and O–H groups in total. The van der Waals surface area contributed by atoms with Gasteiger partial charge in [0.15, 0.2) is 0 Å². The van der Waals surface area contributed by atoms with E-state index in [1.807, 2.05) is 23.1 Å². The molecule has 2 aromatic heterocycles. The topological polar surface area (TPSA) is 71.8 Å². The predicted octanol–water partition coefficient (Wildman–Crippen LogP) is 2.60. The van der Waals surface area contributed by atoms with Crippen molar-refractivity contribution in [1.29, 1.82) is 0 Å². The smallest absolute Gasteiger partial charge is 0.315 e. The van der Waals surface area contributed by atoms with E-state index in [-0.39, 0.29) is 17.5 Å². The highest BCUT2D eigenvalue weighted by molar-refractivity contribution is 7.09. The fraction of sp³-hybridized carbons (Fsp3) is 0.562. The van der Waals surface area contributed by atoms with Crippen molar-refractivity contribution in [2.75, 3.05) is 6.54 Å². The number of nitrogens with one attached hydrogen (secondary N) is 2. The van der Waals surface area contributed by atoms with Crippen LogP contribution in [0.15, 0.2) is 24.1 Å². The van der Waals surface area contributed by atoms with Gasteiger partial charge in [-0.3, -0.25) is 0 Å². The molecule has 7 heteroatoms. The minimum absolute atomic E-state index is 0.0122. The number of carbonyl (C=O) groups excluding carboxylic acids is 1. The van der Waals surface area contributed by atoms with Crippen molar-refractivity contribution in [3.8, 4) is 0 Å². The number of aryl methyl sites for hydroxylation is 1. The number of hydrogen-bond donors (Lipinski definition) is 2. The van der Waals surface area contributed by atoms with Crippen molar-refractivity contribution >= 4 is 17.4 Å². The van der Waals surface area contributed by atoms with Crippen molar-refractivity contribution in [3.05, 3.63) is 34.8 Å². The fourth-order valence-corrected chi connectivity index (χ4v) is 2.83. The predicted molar refractivity (Wildman–Crippen MR) is 92.6 cm³/mol. The molecule has 0 fully saturated rings. The molecule has 2 amide bonds. The van der Waals surface area contributed by atoms with Gasteiger partial charge in [0.25, 0.3) is 0 Å². The first-order chi connectivity index (χ1) is 10.8. The molecular formula is C16H25N5OS. The highest BCUT2D eigenvalue weighted by Crippen LogP contribution is 2.20. The second-order valence-corrected chi connectivity index (χ2v) is 7.75. The molecule has 1 atom stereocenters. The number of carbonyl (C=O) groups is 1. The molecule has 126 valence electrons. The third kappa shape index (κ3) is 5.67. The van der Waals surface area contributed by atoms with Gasteiger partial charge in [0.1, 0.15) is 0 Å². The van der Waals surface area contributed by atoms with E-state index in [9.17, 15) is 4.79 Å². The highest BCUT2D eigenvalue weighted by atomic mass is 32.1. The number of amides is 2. The average Bonchev–Trinajstić information content (AvgIpc) is 3.09. The number of thiazole rings is 1. The van der Waals surface area contributed by atoms with Crippen LogP contribution < -0.4 is 10.6 Å². The summed E-state index contributed by atoms with van der Waals surface area (Å²) in [4.78, 5) is 20.6. The first-order valence-corrected chi connectivity index (χ1v) is 8.63. The van der Waals surface area contributed by atoms with Gasteiger partial charge in [-0.05, 0) is 12.3 Å². The van der Waals surface area contributed by atoms with Crippen LogP contribution in [0, 0.1) is 12.3 Å². The van der Waals surface area contributed by atoms with Gasteiger partial charge in [0.2, 0.25) is 0 Å². The summed E-state index contributed by atoms with van der Waals surface area (Å²) in [6.45, 7) is 9.62. The Morgan fingerprint density at radius 2 is 2.22 bits per heavy atom. The third-order valence-corrected chi connectivity index (χ3v) is 4.46. The number of rotatable bonds is 6. The summed E-state index contributed by atoms with van der Waals surface area (Å²) in [5.74, 6) is 0. The SMILES string of the molecule is Cc1nc(CCNC(=O)NC(Cn2ccnc2)C(C)(C)C)cs1. The summed E-state index contributed by atoms with van der Waals surface area (Å²) in [5, 5.41) is 9.07. The minimum atomic E-state index is -0.142. The molecule has 0 aliphatic heterocycles. The maximum Gasteiger partial charge on any atom is 0.315 e. The molecule has 6 nitrogen and oxygen atoms in total. The lowest BCUT2D eigenvalue weighted by Gasteiger charge is -2.31. The van der Waals surface area contributed by atoms with E-state index in [1.165, 1.54) is 0 Å². The number of aromatic nitrogens is 3. The minimum Gasteiger partial charge on any atom is -0.338 e. The largest absolute Gasteiger partial charge is 0.338 e. The summed E-state index contributed by atoms with van der Waals surface area (Å²) in [5.41, 5.74) is 0.978. The van der Waals surface area contributed by atoms with Crippen molar-refractivity contribution < 1.29 is 4.79 Å². The number of imidazole rings is 1. The van der Waals surface area contributed by atoms with E-state index in [1.54, 1.807) is 23.9 Å². The lowest BCUT2D eigenvalue weighted by molar-refractivity contribution is 0.209. The lowest BCUT2D eigenvalue weighted by atomic mass is 9.86. The summed E-state index contributed by atoms with van der Waals surface area (Å²) in [6, 6.07) is -0.129. The molecule has 2 heterocycles. The Kier molecular flexibility index (Phi) is 5.76. The van der Waals surface area contributed by atoms with E-state index in [2.05, 4.69) is 41.4 Å². The zero-order valence-corrected chi connectivity index (χ0v) is 15.0. The van der Waals surface area contributed by atoms with Crippen molar-refractivity contribution in [2.45, 2.75) is 46.7 Å². The summed E-state index contributed by atoms with van der Waals surface area (Å²) < 4.78 is 1.98. The van der Waals surface area contributed by atoms with Gasteiger partial charge in [0.05, 0.1) is 23.1 Å². The van der Waals surface area contributed by atoms with Crippen LogP contribution in [0.25, 0.3) is 0 Å². The second kappa shape index (κ2) is 7.59. The van der Waals surface area contributed by atoms with E-state index in [0.29, 0.717) is 13.1 Å². The molecule has 23 heavy (non-hydrogen) atoms. The van der Waals surface area contributed by atoms with Crippen molar-refractivity contribution in [2.24, 2.45) is 5.41 Å². The Balaban J connectivity index is 1.82. The molecule has 0 bridgehead atoms. The average molecular weight is 335 g/mol. The van der Waals surface area contributed by atoms with Gasteiger partial charge in [-0.2, -0.15) is 0 Å². The standard InChI is InChI=1S/C16H25N5OS/c1-12-19-13(10-23-12)5-6-18-15(22)20-14(16(2,3)4)9-21-8-7-17-11-21/h7-8,10-11,14H,5-6,9H2,1-4H3,(H2,18,20,22). The second-order valence-electron chi connectivity index (χ2n) is 6.69. The summed E-state index contributed by atoms with van der Waals surface area (Å²) in [7, 11) is 0.